The SMILES string of the molecule is Cc1cc(C)c(-c2cn3c4cccnc4c4ccc(Oc5[c-]c(-n6c7ccccc7c7cccnc76)cc(C(C)(C)C)c5)[c-]c4c3n2)c(C)c1.[Pt+2]. The summed E-state index contributed by atoms with van der Waals surface area (Å²) in [6.07, 6.45) is 5.80. The van der Waals surface area contributed by atoms with E-state index in [1.54, 1.807) is 0 Å². The summed E-state index contributed by atoms with van der Waals surface area (Å²) in [5, 5.41) is 4.07. The number of imidazole rings is 1. The summed E-state index contributed by atoms with van der Waals surface area (Å²) in [5.74, 6) is 1.19. The molecule has 0 saturated heterocycles. The van der Waals surface area contributed by atoms with Gasteiger partial charge in [-0.2, -0.15) is 0 Å². The van der Waals surface area contributed by atoms with Crippen LogP contribution in [-0.4, -0.2) is 23.9 Å². The van der Waals surface area contributed by atoms with Crippen LogP contribution >= 0.6 is 0 Å². The second kappa shape index (κ2) is 12.2. The van der Waals surface area contributed by atoms with E-state index in [1.807, 2.05) is 30.6 Å². The zero-order valence-electron chi connectivity index (χ0n) is 29.3. The van der Waals surface area contributed by atoms with Crippen molar-refractivity contribution in [3.8, 4) is 28.4 Å². The van der Waals surface area contributed by atoms with Crippen molar-refractivity contribution >= 4 is 49.4 Å². The molecule has 5 aromatic heterocycles. The van der Waals surface area contributed by atoms with Crippen molar-refractivity contribution in [2.45, 2.75) is 47.0 Å². The summed E-state index contributed by atoms with van der Waals surface area (Å²) in [7, 11) is 0. The van der Waals surface area contributed by atoms with Crippen LogP contribution in [0.2, 0.25) is 0 Å². The number of aromatic nitrogens is 5. The Hall–Kier alpha value is -5.32. The maximum absolute atomic E-state index is 6.69. The molecule has 0 aliphatic heterocycles. The number of nitrogens with zero attached hydrogens (tertiary/aromatic N) is 5. The van der Waals surface area contributed by atoms with Gasteiger partial charge in [0.25, 0.3) is 0 Å². The summed E-state index contributed by atoms with van der Waals surface area (Å²) in [5.41, 5.74) is 12.2. The van der Waals surface area contributed by atoms with Gasteiger partial charge in [0.15, 0.2) is 0 Å². The Morgan fingerprint density at radius 2 is 1.41 bits per heavy atom. The van der Waals surface area contributed by atoms with Crippen LogP contribution < -0.4 is 4.74 Å². The van der Waals surface area contributed by atoms with Crippen molar-refractivity contribution < 1.29 is 25.8 Å². The molecule has 0 amide bonds. The van der Waals surface area contributed by atoms with Gasteiger partial charge < -0.3 is 13.7 Å². The molecule has 0 spiro atoms. The zero-order chi connectivity index (χ0) is 34.3. The molecule has 0 aliphatic rings. The molecular formula is C44H35N5OPt. The molecule has 5 heterocycles. The average Bonchev–Trinajstić information content (AvgIpc) is 3.68. The number of benzene rings is 4. The van der Waals surface area contributed by atoms with Gasteiger partial charge in [0.2, 0.25) is 0 Å². The molecule has 0 atom stereocenters. The first-order chi connectivity index (χ1) is 24.1. The molecule has 51 heavy (non-hydrogen) atoms. The van der Waals surface area contributed by atoms with Gasteiger partial charge in [0.1, 0.15) is 5.65 Å². The van der Waals surface area contributed by atoms with Gasteiger partial charge in [-0.3, -0.25) is 9.97 Å². The van der Waals surface area contributed by atoms with Crippen LogP contribution in [0.15, 0.2) is 104 Å². The topological polar surface area (TPSA) is 57.2 Å². The third-order valence-electron chi connectivity index (χ3n) is 9.67. The Balaban J connectivity index is 0.00000374. The Labute approximate surface area is 311 Å². The van der Waals surface area contributed by atoms with Gasteiger partial charge in [-0.15, -0.1) is 29.8 Å². The number of pyridine rings is 3. The monoisotopic (exact) mass is 844 g/mol. The fourth-order valence-corrected chi connectivity index (χ4v) is 7.45. The van der Waals surface area contributed by atoms with Gasteiger partial charge in [-0.05, 0) is 67.6 Å². The van der Waals surface area contributed by atoms with Crippen LogP contribution in [0, 0.1) is 32.9 Å². The molecule has 9 aromatic rings. The molecule has 0 bridgehead atoms. The van der Waals surface area contributed by atoms with Crippen molar-refractivity contribution in [1.29, 1.82) is 0 Å². The second-order valence-electron chi connectivity index (χ2n) is 14.3. The molecule has 0 fully saturated rings. The number of rotatable bonds is 4. The quantitative estimate of drug-likeness (QED) is 0.131. The van der Waals surface area contributed by atoms with Gasteiger partial charge in [-0.25, -0.2) is 4.98 Å². The molecule has 252 valence electrons. The van der Waals surface area contributed by atoms with Crippen LogP contribution in [0.4, 0.5) is 0 Å². The van der Waals surface area contributed by atoms with Crippen molar-refractivity contribution in [3.05, 3.63) is 138 Å². The minimum absolute atomic E-state index is 0. The summed E-state index contributed by atoms with van der Waals surface area (Å²) in [4.78, 5) is 14.9. The number of aryl methyl sites for hydroxylation is 3. The summed E-state index contributed by atoms with van der Waals surface area (Å²) < 4.78 is 11.0. The van der Waals surface area contributed by atoms with E-state index >= 15 is 0 Å². The first kappa shape index (κ1) is 32.9. The third-order valence-corrected chi connectivity index (χ3v) is 9.67. The first-order valence-corrected chi connectivity index (χ1v) is 16.9. The van der Waals surface area contributed by atoms with E-state index in [1.165, 1.54) is 16.7 Å². The van der Waals surface area contributed by atoms with E-state index in [9.17, 15) is 0 Å². The molecule has 0 saturated carbocycles. The van der Waals surface area contributed by atoms with Gasteiger partial charge in [0, 0.05) is 46.4 Å². The van der Waals surface area contributed by atoms with E-state index in [-0.39, 0.29) is 26.5 Å². The molecule has 9 rings (SSSR count). The van der Waals surface area contributed by atoms with Gasteiger partial charge >= 0.3 is 21.1 Å². The van der Waals surface area contributed by atoms with E-state index in [0.717, 1.165) is 71.9 Å². The predicted octanol–water partition coefficient (Wildman–Crippen LogP) is 10.8. The molecule has 0 N–H and O–H groups in total. The van der Waals surface area contributed by atoms with E-state index in [0.29, 0.717) is 11.5 Å². The van der Waals surface area contributed by atoms with E-state index in [2.05, 4.69) is 136 Å². The van der Waals surface area contributed by atoms with E-state index in [4.69, 9.17) is 19.7 Å². The Kier molecular flexibility index (Phi) is 7.84. The number of ether oxygens (including phenoxy) is 1. The maximum atomic E-state index is 6.69. The normalized spacial score (nSPS) is 12.0. The van der Waals surface area contributed by atoms with Crippen LogP contribution in [-0.2, 0) is 26.5 Å². The van der Waals surface area contributed by atoms with Crippen molar-refractivity contribution in [2.24, 2.45) is 0 Å². The number of hydrogen-bond acceptors (Lipinski definition) is 4. The number of hydrogen-bond donors (Lipinski definition) is 0. The Morgan fingerprint density at radius 1 is 0.686 bits per heavy atom. The van der Waals surface area contributed by atoms with Gasteiger partial charge in [-0.1, -0.05) is 85.3 Å². The molecule has 6 nitrogen and oxygen atoms in total. The fraction of sp³-hybridized carbons (Fsp3) is 0.159. The minimum Gasteiger partial charge on any atom is -0.503 e. The van der Waals surface area contributed by atoms with Crippen LogP contribution in [0.1, 0.15) is 43.0 Å². The standard InChI is InChI=1S/C44H35N5O.Pt/c1-26-19-27(2)40(28(3)20-26)37-25-48-39-14-10-17-45-41(39)34-16-15-31(24-36(34)43(48)47-37)50-32-22-29(44(4,5)6)21-30(23-32)49-38-13-8-7-11-33(38)35-12-9-18-46-42(35)49;/h7-22,25H,1-6H3;/q-2;+2. The minimum atomic E-state index is -0.142. The van der Waals surface area contributed by atoms with Crippen LogP contribution in [0.25, 0.3) is 66.3 Å². The fourth-order valence-electron chi connectivity index (χ4n) is 7.45. The smallest absolute Gasteiger partial charge is 0.503 e. The average molecular weight is 845 g/mol. The first-order valence-electron chi connectivity index (χ1n) is 16.9. The molecule has 7 heteroatoms. The number of para-hydroxylation sites is 1. The maximum Gasteiger partial charge on any atom is 2.00 e. The van der Waals surface area contributed by atoms with Crippen molar-refractivity contribution in [3.63, 3.8) is 0 Å². The van der Waals surface area contributed by atoms with Crippen molar-refractivity contribution in [2.75, 3.05) is 0 Å². The largest absolute Gasteiger partial charge is 2.00 e. The summed E-state index contributed by atoms with van der Waals surface area (Å²) in [6.45, 7) is 13.1. The molecule has 0 unspecified atom stereocenters. The number of fused-ring (bicyclic) bond motifs is 9. The van der Waals surface area contributed by atoms with Crippen molar-refractivity contribution in [1.82, 2.24) is 23.9 Å². The molecule has 4 aromatic carbocycles. The second-order valence-corrected chi connectivity index (χ2v) is 14.3. The van der Waals surface area contributed by atoms with Gasteiger partial charge in [0.05, 0.1) is 27.9 Å². The molecule has 0 aliphatic carbocycles. The Bertz CT molecular complexity index is 2750. The summed E-state index contributed by atoms with van der Waals surface area (Å²) >= 11 is 0. The zero-order valence-corrected chi connectivity index (χ0v) is 31.5. The van der Waals surface area contributed by atoms with E-state index < -0.39 is 0 Å². The molecule has 0 radical (unpaired) electrons. The van der Waals surface area contributed by atoms with Crippen LogP contribution in [0.5, 0.6) is 11.5 Å². The third kappa shape index (κ3) is 5.41. The predicted molar refractivity (Wildman–Crippen MR) is 203 cm³/mol. The summed E-state index contributed by atoms with van der Waals surface area (Å²) in [6, 6.07) is 36.5. The Morgan fingerprint density at radius 3 is 2.22 bits per heavy atom. The van der Waals surface area contributed by atoms with Crippen LogP contribution in [0.3, 0.4) is 0 Å². The molecular weight excluding hydrogens is 810 g/mol.